The summed E-state index contributed by atoms with van der Waals surface area (Å²) in [5, 5.41) is 0. The molecule has 1 heterocycles. The predicted molar refractivity (Wildman–Crippen MR) is 177 cm³/mol. The third kappa shape index (κ3) is 8.81. The lowest BCUT2D eigenvalue weighted by Gasteiger charge is -2.24. The molecule has 5 rings (SSSR count). The van der Waals surface area contributed by atoms with Gasteiger partial charge in [-0.15, -0.1) is 0 Å². The zero-order valence-corrected chi connectivity index (χ0v) is 29.2. The summed E-state index contributed by atoms with van der Waals surface area (Å²) in [7, 11) is 2.45. The molecule has 4 aromatic carbocycles. The van der Waals surface area contributed by atoms with Crippen LogP contribution in [0, 0.1) is 6.92 Å². The van der Waals surface area contributed by atoms with Crippen LogP contribution in [0.4, 0.5) is 44.3 Å². The van der Waals surface area contributed by atoms with E-state index in [9.17, 15) is 53.9 Å². The van der Waals surface area contributed by atoms with Gasteiger partial charge in [0.2, 0.25) is 0 Å². The van der Waals surface area contributed by atoms with Gasteiger partial charge in [-0.3, -0.25) is 4.90 Å². The first-order chi connectivity index (χ1) is 25.6. The van der Waals surface area contributed by atoms with E-state index in [1.54, 1.807) is 31.2 Å². The van der Waals surface area contributed by atoms with Crippen molar-refractivity contribution in [2.45, 2.75) is 51.1 Å². The van der Waals surface area contributed by atoms with Crippen LogP contribution in [0.25, 0.3) is 22.3 Å². The van der Waals surface area contributed by atoms with Crippen molar-refractivity contribution in [1.82, 2.24) is 4.90 Å². The van der Waals surface area contributed by atoms with Crippen molar-refractivity contribution in [2.75, 3.05) is 20.8 Å². The first-order valence-corrected chi connectivity index (χ1v) is 16.1. The minimum atomic E-state index is -5.18. The Labute approximate surface area is 307 Å². The molecule has 4 aromatic rings. The van der Waals surface area contributed by atoms with E-state index in [4.69, 9.17) is 14.2 Å². The summed E-state index contributed by atoms with van der Waals surface area (Å²) in [6.45, 7) is 1.76. The second-order valence-electron chi connectivity index (χ2n) is 12.5. The molecule has 0 N–H and O–H groups in total. The topological polar surface area (TPSA) is 91.4 Å². The van der Waals surface area contributed by atoms with E-state index in [1.165, 1.54) is 26.2 Å². The van der Waals surface area contributed by atoms with Crippen molar-refractivity contribution in [2.24, 2.45) is 0 Å². The highest BCUT2D eigenvalue weighted by Gasteiger charge is 2.44. The highest BCUT2D eigenvalue weighted by molar-refractivity contribution is 5.92. The van der Waals surface area contributed by atoms with Gasteiger partial charge in [-0.2, -0.15) is 39.5 Å². The van der Waals surface area contributed by atoms with Crippen LogP contribution in [-0.4, -0.2) is 49.8 Å². The van der Waals surface area contributed by atoms with E-state index in [0.717, 1.165) is 30.2 Å². The molecule has 292 valence electrons. The molecular formula is C38H30F9NO7. The van der Waals surface area contributed by atoms with E-state index in [-0.39, 0.29) is 34.1 Å². The molecule has 0 aliphatic carbocycles. The number of alkyl halides is 9. The maximum atomic E-state index is 14.0. The monoisotopic (exact) mass is 783 g/mol. The number of benzene rings is 4. The van der Waals surface area contributed by atoms with E-state index >= 15 is 0 Å². The quantitative estimate of drug-likeness (QED) is 0.0949. The average Bonchev–Trinajstić information content (AvgIpc) is 3.40. The van der Waals surface area contributed by atoms with Crippen LogP contribution >= 0.6 is 0 Å². The molecule has 0 saturated carbocycles. The van der Waals surface area contributed by atoms with Crippen LogP contribution in [0.2, 0.25) is 0 Å². The van der Waals surface area contributed by atoms with Gasteiger partial charge in [0.05, 0.1) is 49.1 Å². The van der Waals surface area contributed by atoms with Gasteiger partial charge in [0.15, 0.2) is 6.61 Å². The molecule has 1 amide bonds. The number of nitrogens with zero attached hydrogens (tertiary/aromatic N) is 1. The first-order valence-electron chi connectivity index (χ1n) is 16.1. The number of carbonyl (C=O) groups excluding carboxylic acids is 3. The molecule has 55 heavy (non-hydrogen) atoms. The standard InChI is InChI=1S/C38H30F9NO7/c1-19-11-22(34(50)54-18-32(49)53-4)5-8-28(19)21-6-10-31(52-3)30(15-21)29-9-7-25(36(39,40)41)14-24(29)17-48-20(2)33(55-35(48)51)23-12-26(37(42,43)44)16-27(13-23)38(45,46)47/h5-16,20,33H,17-18H2,1-4H3. The number of aryl methyl sites for hydroxylation is 1. The number of amides is 1. The molecule has 8 nitrogen and oxygen atoms in total. The lowest BCUT2D eigenvalue weighted by atomic mass is 9.91. The van der Waals surface area contributed by atoms with Gasteiger partial charge in [-0.25, -0.2) is 14.4 Å². The normalized spacial score (nSPS) is 16.2. The van der Waals surface area contributed by atoms with Crippen molar-refractivity contribution < 1.29 is 72.8 Å². The zero-order chi connectivity index (χ0) is 40.6. The fourth-order valence-corrected chi connectivity index (χ4v) is 6.12. The number of ether oxygens (including phenoxy) is 4. The lowest BCUT2D eigenvalue weighted by molar-refractivity contribution is -0.144. The smallest absolute Gasteiger partial charge is 0.416 e. The van der Waals surface area contributed by atoms with Gasteiger partial charge in [0, 0.05) is 5.56 Å². The summed E-state index contributed by atoms with van der Waals surface area (Å²) in [5.41, 5.74) is -2.87. The molecule has 2 unspecified atom stereocenters. The Kier molecular flexibility index (Phi) is 11.2. The van der Waals surface area contributed by atoms with Gasteiger partial charge in [0.25, 0.3) is 0 Å². The van der Waals surface area contributed by atoms with Crippen molar-refractivity contribution in [3.05, 3.63) is 112 Å². The maximum absolute atomic E-state index is 14.0. The summed E-state index contributed by atoms with van der Waals surface area (Å²) in [4.78, 5) is 37.9. The predicted octanol–water partition coefficient (Wildman–Crippen LogP) is 9.81. The number of carbonyl (C=O) groups is 3. The Balaban J connectivity index is 1.55. The summed E-state index contributed by atoms with van der Waals surface area (Å²) < 4.78 is 144. The van der Waals surface area contributed by atoms with Crippen molar-refractivity contribution in [3.63, 3.8) is 0 Å². The van der Waals surface area contributed by atoms with Crippen molar-refractivity contribution in [3.8, 4) is 28.0 Å². The fourth-order valence-electron chi connectivity index (χ4n) is 6.12. The number of rotatable bonds is 9. The summed E-state index contributed by atoms with van der Waals surface area (Å²) in [6.07, 6.45) is -18.0. The number of cyclic esters (lactones) is 1. The Hall–Kier alpha value is -5.74. The zero-order valence-electron chi connectivity index (χ0n) is 29.2. The van der Waals surface area contributed by atoms with Crippen molar-refractivity contribution in [1.29, 1.82) is 0 Å². The molecule has 0 radical (unpaired) electrons. The molecule has 1 saturated heterocycles. The average molecular weight is 784 g/mol. The third-order valence-corrected chi connectivity index (χ3v) is 8.92. The van der Waals surface area contributed by atoms with Crippen molar-refractivity contribution >= 4 is 18.0 Å². The van der Waals surface area contributed by atoms with E-state index in [2.05, 4.69) is 4.74 Å². The SMILES string of the molecule is COC(=O)COC(=O)c1ccc(-c2ccc(OC)c(-c3ccc(C(F)(F)F)cc3CN3C(=O)OC(c4cc(C(F)(F)F)cc(C(F)(F)F)c4)C3C)c2)c(C)c1. The number of hydrogen-bond donors (Lipinski definition) is 0. The minimum Gasteiger partial charge on any atom is -0.496 e. The van der Waals surface area contributed by atoms with Gasteiger partial charge >= 0.3 is 36.6 Å². The molecule has 0 bridgehead atoms. The molecule has 1 fully saturated rings. The van der Waals surface area contributed by atoms with E-state index < -0.39 is 84.1 Å². The highest BCUT2D eigenvalue weighted by Crippen LogP contribution is 2.44. The maximum Gasteiger partial charge on any atom is 0.416 e. The van der Waals surface area contributed by atoms with Gasteiger partial charge in [-0.05, 0) is 102 Å². The lowest BCUT2D eigenvalue weighted by Crippen LogP contribution is -2.32. The van der Waals surface area contributed by atoms with Crippen LogP contribution in [0.3, 0.4) is 0 Å². The van der Waals surface area contributed by atoms with Crippen LogP contribution in [0.5, 0.6) is 5.75 Å². The van der Waals surface area contributed by atoms with E-state index in [1.807, 2.05) is 0 Å². The number of hydrogen-bond acceptors (Lipinski definition) is 7. The van der Waals surface area contributed by atoms with Crippen LogP contribution in [-0.2, 0) is 44.1 Å². The number of halogens is 9. The molecule has 0 spiro atoms. The molecular weight excluding hydrogens is 753 g/mol. The second kappa shape index (κ2) is 15.2. The fraction of sp³-hybridized carbons (Fsp3) is 0.289. The minimum absolute atomic E-state index is 0.0728. The third-order valence-electron chi connectivity index (χ3n) is 8.92. The highest BCUT2D eigenvalue weighted by atomic mass is 19.4. The number of esters is 2. The van der Waals surface area contributed by atoms with Gasteiger partial charge < -0.3 is 18.9 Å². The largest absolute Gasteiger partial charge is 0.496 e. The second-order valence-corrected chi connectivity index (χ2v) is 12.5. The van der Waals surface area contributed by atoms with Crippen LogP contribution < -0.4 is 4.74 Å². The Morgan fingerprint density at radius 2 is 1.36 bits per heavy atom. The molecule has 2 atom stereocenters. The summed E-state index contributed by atoms with van der Waals surface area (Å²) in [5.74, 6) is -1.36. The molecule has 0 aromatic heterocycles. The Morgan fingerprint density at radius 1 is 0.745 bits per heavy atom. The Morgan fingerprint density at radius 3 is 1.93 bits per heavy atom. The number of methoxy groups -OCH3 is 2. The van der Waals surface area contributed by atoms with Gasteiger partial charge in [0.1, 0.15) is 11.9 Å². The molecule has 1 aliphatic heterocycles. The van der Waals surface area contributed by atoms with Crippen LogP contribution in [0.1, 0.15) is 56.8 Å². The molecule has 1 aliphatic rings. The van der Waals surface area contributed by atoms with E-state index in [0.29, 0.717) is 28.8 Å². The Bertz CT molecular complexity index is 2090. The summed E-state index contributed by atoms with van der Waals surface area (Å²) >= 11 is 0. The van der Waals surface area contributed by atoms with Crippen LogP contribution in [0.15, 0.2) is 72.8 Å². The first kappa shape index (κ1) is 40.4. The summed E-state index contributed by atoms with van der Waals surface area (Å²) in [6, 6.07) is 11.6. The molecule has 17 heteroatoms. The van der Waals surface area contributed by atoms with Gasteiger partial charge in [-0.1, -0.05) is 18.2 Å².